The molecular weight excluding hydrogens is 309 g/mol. The molecule has 112 valence electrons. The van der Waals surface area contributed by atoms with Crippen LogP contribution in [0, 0.1) is 5.41 Å². The lowest BCUT2D eigenvalue weighted by atomic mass is 9.86. The highest BCUT2D eigenvalue weighted by atomic mass is 35.5. The Labute approximate surface area is 134 Å². The molecule has 0 aliphatic heterocycles. The van der Waals surface area contributed by atoms with Crippen molar-refractivity contribution < 1.29 is 5.11 Å². The van der Waals surface area contributed by atoms with Gasteiger partial charge >= 0.3 is 0 Å². The monoisotopic (exact) mass is 325 g/mol. The van der Waals surface area contributed by atoms with E-state index in [9.17, 15) is 5.11 Å². The molecule has 1 unspecified atom stereocenters. The zero-order chi connectivity index (χ0) is 15.5. The van der Waals surface area contributed by atoms with Gasteiger partial charge in [0.15, 0.2) is 0 Å². The Morgan fingerprint density at radius 3 is 2.57 bits per heavy atom. The number of hydrogen-bond acceptors (Lipinski definition) is 3. The van der Waals surface area contributed by atoms with Gasteiger partial charge in [-0.1, -0.05) is 37.6 Å². The summed E-state index contributed by atoms with van der Waals surface area (Å²) in [5.41, 5.74) is 1.03. The zero-order valence-electron chi connectivity index (χ0n) is 11.9. The fourth-order valence-corrected chi connectivity index (χ4v) is 2.09. The third-order valence-electron chi connectivity index (χ3n) is 3.23. The van der Waals surface area contributed by atoms with E-state index >= 15 is 0 Å². The van der Waals surface area contributed by atoms with Crippen LogP contribution in [-0.4, -0.2) is 31.9 Å². The molecule has 21 heavy (non-hydrogen) atoms. The van der Waals surface area contributed by atoms with Gasteiger partial charge in [0, 0.05) is 16.3 Å². The first-order chi connectivity index (χ1) is 9.94. The number of benzene rings is 1. The van der Waals surface area contributed by atoms with E-state index < -0.39 is 11.5 Å². The normalized spacial score (nSPS) is 14.2. The first-order valence-corrected chi connectivity index (χ1v) is 7.41. The summed E-state index contributed by atoms with van der Waals surface area (Å²) in [4.78, 5) is 3.93. The lowest BCUT2D eigenvalue weighted by Gasteiger charge is -2.30. The minimum atomic E-state index is -0.785. The Balaban J connectivity index is 2.44. The van der Waals surface area contributed by atoms with Gasteiger partial charge in [0.05, 0.1) is 5.70 Å². The summed E-state index contributed by atoms with van der Waals surface area (Å²) in [6.45, 7) is 3.80. The summed E-state index contributed by atoms with van der Waals surface area (Å²) in [5.74, 6) is 0.320. The number of aliphatic hydroxyl groups is 1. The zero-order valence-corrected chi connectivity index (χ0v) is 13.4. The van der Waals surface area contributed by atoms with Crippen LogP contribution in [0.25, 0.3) is 11.8 Å². The molecule has 1 aromatic carbocycles. The molecule has 0 bridgehead atoms. The molecular formula is C15H17Cl2N3O. The fourth-order valence-electron chi connectivity index (χ4n) is 1.82. The molecule has 4 nitrogen and oxygen atoms in total. The number of aliphatic hydroxyl groups excluding tert-OH is 1. The molecule has 6 heteroatoms. The van der Waals surface area contributed by atoms with E-state index in [1.165, 1.54) is 6.33 Å². The van der Waals surface area contributed by atoms with Gasteiger partial charge in [-0.05, 0) is 23.8 Å². The number of rotatable bonds is 5. The van der Waals surface area contributed by atoms with Crippen LogP contribution in [-0.2, 0) is 0 Å². The smallest absolute Gasteiger partial charge is 0.138 e. The lowest BCUT2D eigenvalue weighted by molar-refractivity contribution is 0.111. The quantitative estimate of drug-likeness (QED) is 0.855. The molecule has 0 radical (unpaired) electrons. The van der Waals surface area contributed by atoms with Crippen molar-refractivity contribution in [3.05, 3.63) is 47.5 Å². The number of hydrogen-bond donors (Lipinski definition) is 1. The largest absolute Gasteiger partial charge is 0.386 e. The van der Waals surface area contributed by atoms with E-state index in [1.54, 1.807) is 23.1 Å². The van der Waals surface area contributed by atoms with Crippen LogP contribution < -0.4 is 0 Å². The van der Waals surface area contributed by atoms with Gasteiger partial charge in [-0.2, -0.15) is 5.10 Å². The Morgan fingerprint density at radius 2 is 2.05 bits per heavy atom. The second-order valence-corrected chi connectivity index (χ2v) is 6.19. The summed E-state index contributed by atoms with van der Waals surface area (Å²) in [6.07, 6.45) is 4.04. The SMILES string of the molecule is CC(C)(CCl)C(O)C(=Cc1ccc(Cl)cc1)n1cncn1. The summed E-state index contributed by atoms with van der Waals surface area (Å²) < 4.78 is 1.55. The number of alkyl halides is 1. The van der Waals surface area contributed by atoms with Gasteiger partial charge in [-0.15, -0.1) is 11.6 Å². The van der Waals surface area contributed by atoms with Gasteiger partial charge in [-0.25, -0.2) is 9.67 Å². The third kappa shape index (κ3) is 3.84. The summed E-state index contributed by atoms with van der Waals surface area (Å²) in [7, 11) is 0. The Kier molecular flexibility index (Phi) is 5.04. The average molecular weight is 326 g/mol. The first-order valence-electron chi connectivity index (χ1n) is 6.50. The van der Waals surface area contributed by atoms with Crippen molar-refractivity contribution in [2.24, 2.45) is 5.41 Å². The van der Waals surface area contributed by atoms with Crippen molar-refractivity contribution >= 4 is 35.0 Å². The maximum absolute atomic E-state index is 10.7. The first kappa shape index (κ1) is 16.0. The summed E-state index contributed by atoms with van der Waals surface area (Å²) in [6, 6.07) is 7.34. The number of halogens is 2. The van der Waals surface area contributed by atoms with E-state index in [0.29, 0.717) is 16.6 Å². The predicted octanol–water partition coefficient (Wildman–Crippen LogP) is 3.56. The van der Waals surface area contributed by atoms with Crippen LogP contribution in [0.1, 0.15) is 19.4 Å². The number of aromatic nitrogens is 3. The van der Waals surface area contributed by atoms with E-state index in [2.05, 4.69) is 10.1 Å². The highest BCUT2D eigenvalue weighted by Crippen LogP contribution is 2.30. The predicted molar refractivity (Wildman–Crippen MR) is 86.1 cm³/mol. The van der Waals surface area contributed by atoms with Crippen LogP contribution in [0.15, 0.2) is 36.9 Å². The van der Waals surface area contributed by atoms with Gasteiger partial charge in [-0.3, -0.25) is 0 Å². The highest BCUT2D eigenvalue weighted by Gasteiger charge is 2.31. The third-order valence-corrected chi connectivity index (χ3v) is 4.17. The van der Waals surface area contributed by atoms with Gasteiger partial charge in [0.1, 0.15) is 18.8 Å². The van der Waals surface area contributed by atoms with Crippen LogP contribution >= 0.6 is 23.2 Å². The Morgan fingerprint density at radius 1 is 1.38 bits per heavy atom. The molecule has 1 atom stereocenters. The molecule has 0 aliphatic carbocycles. The van der Waals surface area contributed by atoms with Crippen molar-refractivity contribution in [2.75, 3.05) is 5.88 Å². The molecule has 0 fully saturated rings. The molecule has 0 amide bonds. The molecule has 2 rings (SSSR count). The van der Waals surface area contributed by atoms with Crippen molar-refractivity contribution in [3.63, 3.8) is 0 Å². The van der Waals surface area contributed by atoms with Crippen molar-refractivity contribution in [3.8, 4) is 0 Å². The fraction of sp³-hybridized carbons (Fsp3) is 0.333. The lowest BCUT2D eigenvalue weighted by Crippen LogP contribution is -2.34. The van der Waals surface area contributed by atoms with Crippen LogP contribution in [0.4, 0.5) is 0 Å². The van der Waals surface area contributed by atoms with E-state index in [1.807, 2.05) is 32.1 Å². The standard InChI is InChI=1S/C15H17Cl2N3O/c1-15(2,8-16)14(21)13(20-10-18-9-19-20)7-11-3-5-12(17)6-4-11/h3-7,9-10,14,21H,8H2,1-2H3. The summed E-state index contributed by atoms with van der Waals surface area (Å²) >= 11 is 11.9. The van der Waals surface area contributed by atoms with Crippen LogP contribution in [0.5, 0.6) is 0 Å². The van der Waals surface area contributed by atoms with Crippen molar-refractivity contribution in [2.45, 2.75) is 20.0 Å². The molecule has 1 N–H and O–H groups in total. The van der Waals surface area contributed by atoms with E-state index in [-0.39, 0.29) is 0 Å². The maximum atomic E-state index is 10.7. The average Bonchev–Trinajstić information content (AvgIpc) is 3.00. The second-order valence-electron chi connectivity index (χ2n) is 5.49. The topological polar surface area (TPSA) is 50.9 Å². The van der Waals surface area contributed by atoms with Crippen molar-refractivity contribution in [1.82, 2.24) is 14.8 Å². The van der Waals surface area contributed by atoms with Gasteiger partial charge in [0.2, 0.25) is 0 Å². The minimum Gasteiger partial charge on any atom is -0.386 e. The van der Waals surface area contributed by atoms with Gasteiger partial charge < -0.3 is 5.11 Å². The second kappa shape index (κ2) is 6.60. The maximum Gasteiger partial charge on any atom is 0.138 e. The Bertz CT molecular complexity index is 606. The minimum absolute atomic E-state index is 0.320. The van der Waals surface area contributed by atoms with Crippen LogP contribution in [0.3, 0.4) is 0 Å². The van der Waals surface area contributed by atoms with Crippen molar-refractivity contribution in [1.29, 1.82) is 0 Å². The number of nitrogens with zero attached hydrogens (tertiary/aromatic N) is 3. The summed E-state index contributed by atoms with van der Waals surface area (Å²) in [5, 5.41) is 15.4. The molecule has 2 aromatic rings. The molecule has 0 saturated heterocycles. The van der Waals surface area contributed by atoms with Gasteiger partial charge in [0.25, 0.3) is 0 Å². The van der Waals surface area contributed by atoms with E-state index in [4.69, 9.17) is 23.2 Å². The molecule has 0 saturated carbocycles. The molecule has 0 spiro atoms. The Hall–Kier alpha value is -1.36. The van der Waals surface area contributed by atoms with Crippen LogP contribution in [0.2, 0.25) is 5.02 Å². The van der Waals surface area contributed by atoms with E-state index in [0.717, 1.165) is 5.56 Å². The molecule has 1 heterocycles. The molecule has 0 aliphatic rings. The molecule has 1 aromatic heterocycles. The highest BCUT2D eigenvalue weighted by molar-refractivity contribution is 6.30.